The van der Waals surface area contributed by atoms with Gasteiger partial charge in [-0.3, -0.25) is 4.79 Å². The van der Waals surface area contributed by atoms with Crippen LogP contribution in [-0.2, 0) is 11.2 Å². The number of aromatic hydroxyl groups is 1. The SMILES string of the molecule is N[C@H](C(=O)O)C(Cc1ccccc1)c1ccc(O)cc1. The zero-order valence-electron chi connectivity index (χ0n) is 10.9. The van der Waals surface area contributed by atoms with Gasteiger partial charge in [0.25, 0.3) is 0 Å². The second-order valence-corrected chi connectivity index (χ2v) is 4.75. The van der Waals surface area contributed by atoms with Gasteiger partial charge in [0.1, 0.15) is 11.8 Å². The van der Waals surface area contributed by atoms with Crippen molar-refractivity contribution in [1.29, 1.82) is 0 Å². The lowest BCUT2D eigenvalue weighted by atomic mass is 9.86. The Balaban J connectivity index is 2.29. The van der Waals surface area contributed by atoms with Crippen molar-refractivity contribution in [1.82, 2.24) is 0 Å². The lowest BCUT2D eigenvalue weighted by Gasteiger charge is -2.21. The Labute approximate surface area is 117 Å². The molecule has 0 aliphatic rings. The Morgan fingerprint density at radius 1 is 1.05 bits per heavy atom. The second-order valence-electron chi connectivity index (χ2n) is 4.75. The van der Waals surface area contributed by atoms with E-state index in [1.54, 1.807) is 24.3 Å². The minimum absolute atomic E-state index is 0.149. The summed E-state index contributed by atoms with van der Waals surface area (Å²) in [4.78, 5) is 11.2. The Morgan fingerprint density at radius 2 is 1.65 bits per heavy atom. The van der Waals surface area contributed by atoms with Crippen LogP contribution in [0.25, 0.3) is 0 Å². The summed E-state index contributed by atoms with van der Waals surface area (Å²) in [6.07, 6.45) is 0.541. The molecule has 0 heterocycles. The molecule has 20 heavy (non-hydrogen) atoms. The topological polar surface area (TPSA) is 83.6 Å². The van der Waals surface area contributed by atoms with E-state index in [0.29, 0.717) is 6.42 Å². The average molecular weight is 271 g/mol. The standard InChI is InChI=1S/C16H17NO3/c17-15(16(19)20)14(10-11-4-2-1-3-5-11)12-6-8-13(18)9-7-12/h1-9,14-15,18H,10,17H2,(H,19,20)/t14?,15-/m0/s1. The molecule has 104 valence electrons. The summed E-state index contributed by atoms with van der Waals surface area (Å²) in [6, 6.07) is 15.2. The quantitative estimate of drug-likeness (QED) is 0.778. The molecule has 0 spiro atoms. The molecule has 4 heteroatoms. The number of benzene rings is 2. The molecule has 0 radical (unpaired) electrons. The molecule has 0 aliphatic heterocycles. The number of carboxylic acids is 1. The summed E-state index contributed by atoms with van der Waals surface area (Å²) in [7, 11) is 0. The first-order valence-corrected chi connectivity index (χ1v) is 6.39. The molecule has 0 saturated heterocycles. The molecule has 2 aromatic rings. The number of phenols is 1. The van der Waals surface area contributed by atoms with Gasteiger partial charge in [0.05, 0.1) is 0 Å². The minimum Gasteiger partial charge on any atom is -0.508 e. The van der Waals surface area contributed by atoms with E-state index < -0.39 is 12.0 Å². The lowest BCUT2D eigenvalue weighted by molar-refractivity contribution is -0.139. The van der Waals surface area contributed by atoms with Crippen LogP contribution in [0.3, 0.4) is 0 Å². The van der Waals surface area contributed by atoms with Crippen molar-refractivity contribution in [3.05, 3.63) is 65.7 Å². The third-order valence-electron chi connectivity index (χ3n) is 3.34. The van der Waals surface area contributed by atoms with Crippen molar-refractivity contribution in [2.24, 2.45) is 5.73 Å². The maximum Gasteiger partial charge on any atom is 0.321 e. The maximum atomic E-state index is 11.2. The third kappa shape index (κ3) is 3.36. The van der Waals surface area contributed by atoms with Gasteiger partial charge >= 0.3 is 5.97 Å². The molecule has 4 nitrogen and oxygen atoms in total. The predicted molar refractivity (Wildman–Crippen MR) is 76.6 cm³/mol. The van der Waals surface area contributed by atoms with Crippen LogP contribution in [0.5, 0.6) is 5.75 Å². The fourth-order valence-electron chi connectivity index (χ4n) is 2.21. The summed E-state index contributed by atoms with van der Waals surface area (Å²) >= 11 is 0. The molecule has 0 aromatic heterocycles. The van der Waals surface area contributed by atoms with Gasteiger partial charge in [-0.25, -0.2) is 0 Å². The van der Waals surface area contributed by atoms with Crippen LogP contribution >= 0.6 is 0 Å². The molecule has 0 saturated carbocycles. The zero-order valence-corrected chi connectivity index (χ0v) is 10.9. The number of phenolic OH excluding ortho intramolecular Hbond substituents is 1. The summed E-state index contributed by atoms with van der Waals surface area (Å²) < 4.78 is 0. The highest BCUT2D eigenvalue weighted by Crippen LogP contribution is 2.25. The van der Waals surface area contributed by atoms with Crippen LogP contribution in [0.2, 0.25) is 0 Å². The van der Waals surface area contributed by atoms with Gasteiger partial charge < -0.3 is 15.9 Å². The van der Waals surface area contributed by atoms with Crippen molar-refractivity contribution >= 4 is 5.97 Å². The molecular formula is C16H17NO3. The largest absolute Gasteiger partial charge is 0.508 e. The van der Waals surface area contributed by atoms with E-state index in [-0.39, 0.29) is 11.7 Å². The molecule has 4 N–H and O–H groups in total. The van der Waals surface area contributed by atoms with E-state index in [9.17, 15) is 15.0 Å². The smallest absolute Gasteiger partial charge is 0.321 e. The molecule has 2 rings (SSSR count). The lowest BCUT2D eigenvalue weighted by Crippen LogP contribution is -2.37. The van der Waals surface area contributed by atoms with Crippen LogP contribution < -0.4 is 5.73 Å². The van der Waals surface area contributed by atoms with E-state index in [4.69, 9.17) is 5.73 Å². The van der Waals surface area contributed by atoms with E-state index in [1.807, 2.05) is 30.3 Å². The van der Waals surface area contributed by atoms with Crippen molar-refractivity contribution < 1.29 is 15.0 Å². The molecule has 0 bridgehead atoms. The normalized spacial score (nSPS) is 13.7. The van der Waals surface area contributed by atoms with Crippen molar-refractivity contribution in [3.8, 4) is 5.75 Å². The van der Waals surface area contributed by atoms with Gasteiger partial charge in [-0.1, -0.05) is 42.5 Å². The molecule has 1 unspecified atom stereocenters. The van der Waals surface area contributed by atoms with Gasteiger partial charge in [-0.15, -0.1) is 0 Å². The number of rotatable bonds is 5. The van der Waals surface area contributed by atoms with Gasteiger partial charge in [-0.2, -0.15) is 0 Å². The van der Waals surface area contributed by atoms with Crippen LogP contribution in [0.4, 0.5) is 0 Å². The summed E-state index contributed by atoms with van der Waals surface area (Å²) in [5, 5.41) is 18.5. The molecule has 0 amide bonds. The van der Waals surface area contributed by atoms with E-state index in [1.165, 1.54) is 0 Å². The monoisotopic (exact) mass is 271 g/mol. The number of hydrogen-bond acceptors (Lipinski definition) is 3. The fourth-order valence-corrected chi connectivity index (χ4v) is 2.21. The number of aliphatic carboxylic acids is 1. The van der Waals surface area contributed by atoms with Gasteiger partial charge in [0.15, 0.2) is 0 Å². The Hall–Kier alpha value is -2.33. The van der Waals surface area contributed by atoms with Crippen LogP contribution in [0, 0.1) is 0 Å². The Kier molecular flexibility index (Phi) is 4.38. The van der Waals surface area contributed by atoms with Crippen molar-refractivity contribution in [3.63, 3.8) is 0 Å². The number of hydrogen-bond donors (Lipinski definition) is 3. The number of carboxylic acid groups (broad SMARTS) is 1. The van der Waals surface area contributed by atoms with Crippen LogP contribution in [0.15, 0.2) is 54.6 Å². The fraction of sp³-hybridized carbons (Fsp3) is 0.188. The highest BCUT2D eigenvalue weighted by atomic mass is 16.4. The molecular weight excluding hydrogens is 254 g/mol. The molecule has 0 aliphatic carbocycles. The Bertz CT molecular complexity index is 566. The van der Waals surface area contributed by atoms with Gasteiger partial charge in [-0.05, 0) is 29.7 Å². The highest BCUT2D eigenvalue weighted by molar-refractivity contribution is 5.74. The highest BCUT2D eigenvalue weighted by Gasteiger charge is 2.26. The van der Waals surface area contributed by atoms with Crippen molar-refractivity contribution in [2.45, 2.75) is 18.4 Å². The van der Waals surface area contributed by atoms with Crippen LogP contribution in [-0.4, -0.2) is 22.2 Å². The summed E-state index contributed by atoms with van der Waals surface area (Å²) in [5.74, 6) is -1.22. The zero-order chi connectivity index (χ0) is 14.5. The van der Waals surface area contributed by atoms with Crippen LogP contribution in [0.1, 0.15) is 17.0 Å². The number of nitrogens with two attached hydrogens (primary N) is 1. The summed E-state index contributed by atoms with van der Waals surface area (Å²) in [5.41, 5.74) is 7.65. The minimum atomic E-state index is -1.03. The molecule has 0 fully saturated rings. The van der Waals surface area contributed by atoms with E-state index in [2.05, 4.69) is 0 Å². The van der Waals surface area contributed by atoms with E-state index >= 15 is 0 Å². The first kappa shape index (κ1) is 14.1. The first-order valence-electron chi connectivity index (χ1n) is 6.39. The third-order valence-corrected chi connectivity index (χ3v) is 3.34. The van der Waals surface area contributed by atoms with Gasteiger partial charge in [0.2, 0.25) is 0 Å². The van der Waals surface area contributed by atoms with Gasteiger partial charge in [0, 0.05) is 5.92 Å². The average Bonchev–Trinajstić information content (AvgIpc) is 2.46. The summed E-state index contributed by atoms with van der Waals surface area (Å²) in [6.45, 7) is 0. The molecule has 2 atom stereocenters. The van der Waals surface area contributed by atoms with E-state index in [0.717, 1.165) is 11.1 Å². The first-order chi connectivity index (χ1) is 9.58. The Morgan fingerprint density at radius 3 is 2.20 bits per heavy atom. The van der Waals surface area contributed by atoms with Crippen molar-refractivity contribution in [2.75, 3.05) is 0 Å². The number of carbonyl (C=O) groups is 1. The predicted octanol–water partition coefficient (Wildman–Crippen LogP) is 2.13. The maximum absolute atomic E-state index is 11.2. The second kappa shape index (κ2) is 6.21. The molecule has 2 aromatic carbocycles.